The number of nitrogens with zero attached hydrogens (tertiary/aromatic N) is 1. The standard InChI is InChI=1S/C15H19N3O/c1-9(2)12-7-5-6-10(3)14(12)18-15-16-11(4)8-13(19)17-15/h5-9H,1-4H3,(H2,16,17,18,19). The van der Waals surface area contributed by atoms with Gasteiger partial charge in [0.15, 0.2) is 0 Å². The molecular formula is C15H19N3O. The van der Waals surface area contributed by atoms with E-state index in [0.29, 0.717) is 17.6 Å². The van der Waals surface area contributed by atoms with E-state index in [1.165, 1.54) is 11.6 Å². The minimum atomic E-state index is -0.144. The summed E-state index contributed by atoms with van der Waals surface area (Å²) in [5.41, 5.74) is 3.92. The lowest BCUT2D eigenvalue weighted by Gasteiger charge is -2.16. The van der Waals surface area contributed by atoms with Crippen molar-refractivity contribution in [2.75, 3.05) is 5.32 Å². The van der Waals surface area contributed by atoms with Crippen molar-refractivity contribution in [3.05, 3.63) is 51.4 Å². The van der Waals surface area contributed by atoms with Crippen molar-refractivity contribution in [1.29, 1.82) is 0 Å². The smallest absolute Gasteiger partial charge is 0.252 e. The third-order valence-corrected chi connectivity index (χ3v) is 3.04. The van der Waals surface area contributed by atoms with Gasteiger partial charge in [-0.3, -0.25) is 9.78 Å². The topological polar surface area (TPSA) is 57.8 Å². The first-order valence-electron chi connectivity index (χ1n) is 6.42. The van der Waals surface area contributed by atoms with Crippen molar-refractivity contribution in [1.82, 2.24) is 9.97 Å². The number of aromatic amines is 1. The highest BCUT2D eigenvalue weighted by molar-refractivity contribution is 5.64. The molecule has 0 fully saturated rings. The molecule has 0 saturated carbocycles. The monoisotopic (exact) mass is 257 g/mol. The van der Waals surface area contributed by atoms with Crippen LogP contribution in [0.3, 0.4) is 0 Å². The van der Waals surface area contributed by atoms with Gasteiger partial charge in [-0.15, -0.1) is 0 Å². The summed E-state index contributed by atoms with van der Waals surface area (Å²) in [7, 11) is 0. The van der Waals surface area contributed by atoms with E-state index in [4.69, 9.17) is 0 Å². The lowest BCUT2D eigenvalue weighted by molar-refractivity contribution is 0.866. The molecule has 0 unspecified atom stereocenters. The van der Waals surface area contributed by atoms with Gasteiger partial charge in [0.2, 0.25) is 5.95 Å². The Morgan fingerprint density at radius 1 is 1.26 bits per heavy atom. The van der Waals surface area contributed by atoms with Crippen molar-refractivity contribution < 1.29 is 0 Å². The molecule has 0 radical (unpaired) electrons. The molecule has 2 N–H and O–H groups in total. The molecule has 1 heterocycles. The van der Waals surface area contributed by atoms with Crippen LogP contribution in [0.5, 0.6) is 0 Å². The van der Waals surface area contributed by atoms with E-state index in [1.54, 1.807) is 0 Å². The number of H-pyrrole nitrogens is 1. The van der Waals surface area contributed by atoms with Crippen molar-refractivity contribution in [2.45, 2.75) is 33.6 Å². The Kier molecular flexibility index (Phi) is 3.69. The molecule has 0 spiro atoms. The zero-order chi connectivity index (χ0) is 14.0. The van der Waals surface area contributed by atoms with Crippen LogP contribution in [-0.2, 0) is 0 Å². The van der Waals surface area contributed by atoms with Crippen molar-refractivity contribution in [3.63, 3.8) is 0 Å². The number of anilines is 2. The summed E-state index contributed by atoms with van der Waals surface area (Å²) in [4.78, 5) is 18.5. The number of nitrogens with one attached hydrogen (secondary N) is 2. The van der Waals surface area contributed by atoms with E-state index in [2.05, 4.69) is 35.2 Å². The van der Waals surface area contributed by atoms with Gasteiger partial charge in [-0.05, 0) is 30.9 Å². The van der Waals surface area contributed by atoms with Crippen molar-refractivity contribution in [2.24, 2.45) is 0 Å². The average Bonchev–Trinajstić information content (AvgIpc) is 2.30. The van der Waals surface area contributed by atoms with Crippen LogP contribution < -0.4 is 10.9 Å². The van der Waals surface area contributed by atoms with E-state index < -0.39 is 0 Å². The molecule has 100 valence electrons. The van der Waals surface area contributed by atoms with Gasteiger partial charge in [0, 0.05) is 17.4 Å². The fraction of sp³-hybridized carbons (Fsp3) is 0.333. The van der Waals surface area contributed by atoms with Gasteiger partial charge in [-0.1, -0.05) is 32.0 Å². The molecule has 2 rings (SSSR count). The molecule has 0 aliphatic heterocycles. The van der Waals surface area contributed by atoms with Gasteiger partial charge in [-0.25, -0.2) is 4.98 Å². The molecule has 1 aromatic carbocycles. The number of rotatable bonds is 3. The second kappa shape index (κ2) is 5.26. The third kappa shape index (κ3) is 3.02. The van der Waals surface area contributed by atoms with E-state index in [9.17, 15) is 4.79 Å². The SMILES string of the molecule is Cc1cc(=O)[nH]c(Nc2c(C)cccc2C(C)C)n1. The van der Waals surface area contributed by atoms with Crippen molar-refractivity contribution in [3.8, 4) is 0 Å². The lowest BCUT2D eigenvalue weighted by Crippen LogP contribution is -2.12. The van der Waals surface area contributed by atoms with Crippen LogP contribution in [-0.4, -0.2) is 9.97 Å². The average molecular weight is 257 g/mol. The van der Waals surface area contributed by atoms with Gasteiger partial charge >= 0.3 is 0 Å². The normalized spacial score (nSPS) is 10.8. The van der Waals surface area contributed by atoms with E-state index in [1.807, 2.05) is 26.0 Å². The molecule has 0 aliphatic carbocycles. The Morgan fingerprint density at radius 2 is 2.00 bits per heavy atom. The van der Waals surface area contributed by atoms with Crippen LogP contribution in [0.2, 0.25) is 0 Å². The van der Waals surface area contributed by atoms with Gasteiger partial charge in [0.05, 0.1) is 0 Å². The van der Waals surface area contributed by atoms with Crippen LogP contribution in [0.25, 0.3) is 0 Å². The van der Waals surface area contributed by atoms with E-state index in [0.717, 1.165) is 11.3 Å². The van der Waals surface area contributed by atoms with Crippen LogP contribution in [0.1, 0.15) is 36.6 Å². The Labute approximate surface area is 112 Å². The van der Waals surface area contributed by atoms with Gasteiger partial charge in [-0.2, -0.15) is 0 Å². The molecule has 0 aliphatic rings. The number of aromatic nitrogens is 2. The summed E-state index contributed by atoms with van der Waals surface area (Å²) < 4.78 is 0. The summed E-state index contributed by atoms with van der Waals surface area (Å²) >= 11 is 0. The largest absolute Gasteiger partial charge is 0.325 e. The molecule has 1 aromatic heterocycles. The number of hydrogen-bond acceptors (Lipinski definition) is 3. The first-order valence-corrected chi connectivity index (χ1v) is 6.42. The Balaban J connectivity index is 2.45. The maximum atomic E-state index is 11.5. The van der Waals surface area contributed by atoms with E-state index in [-0.39, 0.29) is 5.56 Å². The highest BCUT2D eigenvalue weighted by atomic mass is 16.1. The first kappa shape index (κ1) is 13.3. The maximum absolute atomic E-state index is 11.5. The minimum absolute atomic E-state index is 0.144. The number of para-hydroxylation sites is 1. The summed E-state index contributed by atoms with van der Waals surface area (Å²) in [6.07, 6.45) is 0. The number of hydrogen-bond donors (Lipinski definition) is 2. The minimum Gasteiger partial charge on any atom is -0.325 e. The van der Waals surface area contributed by atoms with Crippen LogP contribution >= 0.6 is 0 Å². The van der Waals surface area contributed by atoms with Crippen molar-refractivity contribution >= 4 is 11.6 Å². The summed E-state index contributed by atoms with van der Waals surface area (Å²) in [5, 5.41) is 3.24. The summed E-state index contributed by atoms with van der Waals surface area (Å²) in [5.74, 6) is 0.889. The fourth-order valence-electron chi connectivity index (χ4n) is 2.10. The molecule has 0 atom stereocenters. The number of benzene rings is 1. The zero-order valence-corrected chi connectivity index (χ0v) is 11.7. The lowest BCUT2D eigenvalue weighted by atomic mass is 9.98. The van der Waals surface area contributed by atoms with Gasteiger partial charge in [0.1, 0.15) is 0 Å². The quantitative estimate of drug-likeness (QED) is 0.887. The van der Waals surface area contributed by atoms with Gasteiger partial charge in [0.25, 0.3) is 5.56 Å². The van der Waals surface area contributed by atoms with Gasteiger partial charge < -0.3 is 5.32 Å². The number of aryl methyl sites for hydroxylation is 2. The predicted molar refractivity (Wildman–Crippen MR) is 78.1 cm³/mol. The molecule has 2 aromatic rings. The highest BCUT2D eigenvalue weighted by Crippen LogP contribution is 2.28. The highest BCUT2D eigenvalue weighted by Gasteiger charge is 2.10. The maximum Gasteiger partial charge on any atom is 0.252 e. The summed E-state index contributed by atoms with van der Waals surface area (Å²) in [6.45, 7) is 8.14. The summed E-state index contributed by atoms with van der Waals surface area (Å²) in [6, 6.07) is 7.66. The van der Waals surface area contributed by atoms with E-state index >= 15 is 0 Å². The molecular weight excluding hydrogens is 238 g/mol. The predicted octanol–water partition coefficient (Wildman–Crippen LogP) is 3.25. The Morgan fingerprint density at radius 3 is 2.63 bits per heavy atom. The zero-order valence-electron chi connectivity index (χ0n) is 11.7. The van der Waals surface area contributed by atoms with Crippen LogP contribution in [0.15, 0.2) is 29.1 Å². The first-order chi connectivity index (χ1) is 8.97. The molecule has 0 saturated heterocycles. The molecule has 4 heteroatoms. The van der Waals surface area contributed by atoms with Crippen LogP contribution in [0.4, 0.5) is 11.6 Å². The fourth-order valence-corrected chi connectivity index (χ4v) is 2.10. The molecule has 0 bridgehead atoms. The second-order valence-corrected chi connectivity index (χ2v) is 5.05. The van der Waals surface area contributed by atoms with Crippen LogP contribution in [0, 0.1) is 13.8 Å². The third-order valence-electron chi connectivity index (χ3n) is 3.04. The Hall–Kier alpha value is -2.10. The Bertz CT molecular complexity index is 644. The molecule has 19 heavy (non-hydrogen) atoms. The molecule has 0 amide bonds. The second-order valence-electron chi connectivity index (χ2n) is 5.05. The molecule has 4 nitrogen and oxygen atoms in total.